The molecule has 0 aromatic carbocycles. The predicted molar refractivity (Wildman–Crippen MR) is 51.2 cm³/mol. The molecule has 4 nitrogen and oxygen atoms in total. The second-order valence-corrected chi connectivity index (χ2v) is 4.26. The number of rotatable bonds is 4. The molecule has 80 valence electrons. The number of nitrogens with zero attached hydrogens (tertiary/aromatic N) is 1. The first-order valence-electron chi connectivity index (χ1n) is 5.29. The molecular formula is C10H17NO3. The summed E-state index contributed by atoms with van der Waals surface area (Å²) < 4.78 is 5.31. The largest absolute Gasteiger partial charge is 0.481 e. The first-order valence-corrected chi connectivity index (χ1v) is 5.29. The molecule has 4 heteroatoms. The maximum atomic E-state index is 10.6. The molecule has 1 heterocycles. The average Bonchev–Trinajstić information content (AvgIpc) is 2.91. The van der Waals surface area contributed by atoms with E-state index >= 15 is 0 Å². The van der Waals surface area contributed by atoms with Crippen LogP contribution in [0.25, 0.3) is 0 Å². The Balaban J connectivity index is 1.84. The van der Waals surface area contributed by atoms with E-state index in [1.165, 1.54) is 12.8 Å². The summed E-state index contributed by atoms with van der Waals surface area (Å²) in [6.07, 6.45) is 2.85. The Labute approximate surface area is 83.8 Å². The van der Waals surface area contributed by atoms with Crippen molar-refractivity contribution in [1.82, 2.24) is 4.90 Å². The van der Waals surface area contributed by atoms with Gasteiger partial charge >= 0.3 is 5.97 Å². The van der Waals surface area contributed by atoms with Crippen LogP contribution in [-0.4, -0.2) is 48.3 Å². The van der Waals surface area contributed by atoms with Crippen molar-refractivity contribution in [2.75, 3.05) is 26.3 Å². The fourth-order valence-electron chi connectivity index (χ4n) is 1.95. The van der Waals surface area contributed by atoms with E-state index in [0.717, 1.165) is 25.6 Å². The van der Waals surface area contributed by atoms with Crippen molar-refractivity contribution in [2.45, 2.75) is 25.3 Å². The van der Waals surface area contributed by atoms with E-state index in [9.17, 15) is 4.79 Å². The van der Waals surface area contributed by atoms with Gasteiger partial charge in [0.05, 0.1) is 19.6 Å². The SMILES string of the molecule is O=C(O)CC1COCCN1CC1CC1. The monoisotopic (exact) mass is 199 g/mol. The molecule has 1 N–H and O–H groups in total. The number of carboxylic acid groups (broad SMARTS) is 1. The van der Waals surface area contributed by atoms with Crippen LogP contribution < -0.4 is 0 Å². The number of aliphatic carboxylic acids is 1. The molecule has 0 radical (unpaired) electrons. The minimum Gasteiger partial charge on any atom is -0.481 e. The maximum absolute atomic E-state index is 10.6. The summed E-state index contributed by atoms with van der Waals surface area (Å²) in [7, 11) is 0. The van der Waals surface area contributed by atoms with Crippen LogP contribution >= 0.6 is 0 Å². The van der Waals surface area contributed by atoms with Gasteiger partial charge in [-0.3, -0.25) is 9.69 Å². The lowest BCUT2D eigenvalue weighted by Gasteiger charge is -2.34. The predicted octanol–water partition coefficient (Wildman–Crippen LogP) is 0.572. The van der Waals surface area contributed by atoms with E-state index < -0.39 is 5.97 Å². The van der Waals surface area contributed by atoms with Crippen molar-refractivity contribution >= 4 is 5.97 Å². The van der Waals surface area contributed by atoms with Gasteiger partial charge in [-0.15, -0.1) is 0 Å². The van der Waals surface area contributed by atoms with Crippen LogP contribution in [0.3, 0.4) is 0 Å². The molecule has 2 aliphatic rings. The van der Waals surface area contributed by atoms with Crippen LogP contribution in [0.5, 0.6) is 0 Å². The van der Waals surface area contributed by atoms with Crippen molar-refractivity contribution in [1.29, 1.82) is 0 Å². The van der Waals surface area contributed by atoms with E-state index in [1.807, 2.05) is 0 Å². The number of morpholine rings is 1. The molecule has 1 saturated carbocycles. The fourth-order valence-corrected chi connectivity index (χ4v) is 1.95. The van der Waals surface area contributed by atoms with Crippen molar-refractivity contribution in [3.8, 4) is 0 Å². The first kappa shape index (κ1) is 9.93. The smallest absolute Gasteiger partial charge is 0.305 e. The molecule has 2 fully saturated rings. The van der Waals surface area contributed by atoms with E-state index in [2.05, 4.69) is 4.90 Å². The second-order valence-electron chi connectivity index (χ2n) is 4.26. The van der Waals surface area contributed by atoms with E-state index in [0.29, 0.717) is 6.61 Å². The minimum absolute atomic E-state index is 0.0989. The van der Waals surface area contributed by atoms with Gasteiger partial charge in [0, 0.05) is 19.1 Å². The van der Waals surface area contributed by atoms with E-state index in [1.54, 1.807) is 0 Å². The van der Waals surface area contributed by atoms with Gasteiger partial charge in [0.15, 0.2) is 0 Å². The lowest BCUT2D eigenvalue weighted by Crippen LogP contribution is -2.47. The molecule has 14 heavy (non-hydrogen) atoms. The van der Waals surface area contributed by atoms with Crippen molar-refractivity contribution in [3.63, 3.8) is 0 Å². The van der Waals surface area contributed by atoms with Gasteiger partial charge < -0.3 is 9.84 Å². The fraction of sp³-hybridized carbons (Fsp3) is 0.900. The van der Waals surface area contributed by atoms with Gasteiger partial charge in [-0.05, 0) is 18.8 Å². The zero-order chi connectivity index (χ0) is 9.97. The molecule has 1 unspecified atom stereocenters. The molecule has 2 rings (SSSR count). The lowest BCUT2D eigenvalue weighted by molar-refractivity contribution is -0.140. The van der Waals surface area contributed by atoms with Crippen LogP contribution in [0.4, 0.5) is 0 Å². The standard InChI is InChI=1S/C10H17NO3/c12-10(13)5-9-7-14-4-3-11(9)6-8-1-2-8/h8-9H,1-7H2,(H,12,13). The third-order valence-electron chi connectivity index (χ3n) is 2.95. The highest BCUT2D eigenvalue weighted by atomic mass is 16.5. The maximum Gasteiger partial charge on any atom is 0.305 e. The molecule has 0 aromatic heterocycles. The molecule has 0 aromatic rings. The molecule has 0 amide bonds. The molecule has 1 aliphatic carbocycles. The van der Waals surface area contributed by atoms with Gasteiger partial charge in [0.1, 0.15) is 0 Å². The average molecular weight is 199 g/mol. The van der Waals surface area contributed by atoms with Crippen molar-refractivity contribution in [2.24, 2.45) is 5.92 Å². The molecular weight excluding hydrogens is 182 g/mol. The molecule has 0 spiro atoms. The Bertz CT molecular complexity index is 215. The summed E-state index contributed by atoms with van der Waals surface area (Å²) in [5.74, 6) is 0.102. The highest BCUT2D eigenvalue weighted by Gasteiger charge is 2.30. The topological polar surface area (TPSA) is 49.8 Å². The van der Waals surface area contributed by atoms with Gasteiger partial charge in [-0.2, -0.15) is 0 Å². The van der Waals surface area contributed by atoms with Gasteiger partial charge in [-0.25, -0.2) is 0 Å². The summed E-state index contributed by atoms with van der Waals surface area (Å²) in [4.78, 5) is 12.9. The molecule has 1 aliphatic heterocycles. The number of carboxylic acids is 1. The van der Waals surface area contributed by atoms with Crippen LogP contribution in [-0.2, 0) is 9.53 Å². The number of ether oxygens (including phenoxy) is 1. The van der Waals surface area contributed by atoms with Crippen molar-refractivity contribution in [3.05, 3.63) is 0 Å². The summed E-state index contributed by atoms with van der Waals surface area (Å²) in [5, 5.41) is 8.75. The quantitative estimate of drug-likeness (QED) is 0.719. The number of hydrogen-bond acceptors (Lipinski definition) is 3. The Morgan fingerprint density at radius 3 is 2.93 bits per heavy atom. The second kappa shape index (κ2) is 4.28. The van der Waals surface area contributed by atoms with Gasteiger partial charge in [0.2, 0.25) is 0 Å². The Morgan fingerprint density at radius 2 is 2.29 bits per heavy atom. The van der Waals surface area contributed by atoms with Gasteiger partial charge in [-0.1, -0.05) is 0 Å². The normalized spacial score (nSPS) is 29.0. The minimum atomic E-state index is -0.721. The molecule has 1 saturated heterocycles. The first-order chi connectivity index (χ1) is 6.75. The van der Waals surface area contributed by atoms with E-state index in [-0.39, 0.29) is 12.5 Å². The zero-order valence-corrected chi connectivity index (χ0v) is 8.32. The van der Waals surface area contributed by atoms with Crippen LogP contribution in [0, 0.1) is 5.92 Å². The van der Waals surface area contributed by atoms with Crippen LogP contribution in [0.2, 0.25) is 0 Å². The molecule has 1 atom stereocenters. The van der Waals surface area contributed by atoms with Gasteiger partial charge in [0.25, 0.3) is 0 Å². The third-order valence-corrected chi connectivity index (χ3v) is 2.95. The van der Waals surface area contributed by atoms with Crippen LogP contribution in [0.1, 0.15) is 19.3 Å². The Kier molecular flexibility index (Phi) is 3.03. The number of hydrogen-bond donors (Lipinski definition) is 1. The number of carbonyl (C=O) groups is 1. The summed E-state index contributed by atoms with van der Waals surface area (Å²) >= 11 is 0. The van der Waals surface area contributed by atoms with E-state index in [4.69, 9.17) is 9.84 Å². The van der Waals surface area contributed by atoms with Crippen molar-refractivity contribution < 1.29 is 14.6 Å². The molecule has 0 bridgehead atoms. The summed E-state index contributed by atoms with van der Waals surface area (Å²) in [6, 6.07) is 0.0989. The Hall–Kier alpha value is -0.610. The summed E-state index contributed by atoms with van der Waals surface area (Å²) in [5.41, 5.74) is 0. The Morgan fingerprint density at radius 1 is 1.50 bits per heavy atom. The highest BCUT2D eigenvalue weighted by molar-refractivity contribution is 5.67. The summed E-state index contributed by atoms with van der Waals surface area (Å²) in [6.45, 7) is 3.30. The van der Waals surface area contributed by atoms with Crippen LogP contribution in [0.15, 0.2) is 0 Å². The highest BCUT2D eigenvalue weighted by Crippen LogP contribution is 2.31. The third kappa shape index (κ3) is 2.69. The lowest BCUT2D eigenvalue weighted by atomic mass is 10.1. The zero-order valence-electron chi connectivity index (χ0n) is 8.32.